The van der Waals surface area contributed by atoms with Crippen LogP contribution in [0.2, 0.25) is 0 Å². The number of hydrogen-bond donors (Lipinski definition) is 0. The molecule has 0 radical (unpaired) electrons. The van der Waals surface area contributed by atoms with Crippen LogP contribution in [0, 0.1) is 13.8 Å². The molecule has 0 N–H and O–H groups in total. The maximum atomic E-state index is 4.83. The van der Waals surface area contributed by atoms with Gasteiger partial charge in [-0.05, 0) is 61.0 Å². The van der Waals surface area contributed by atoms with Gasteiger partial charge < -0.3 is 0 Å². The fourth-order valence-corrected chi connectivity index (χ4v) is 4.49. The summed E-state index contributed by atoms with van der Waals surface area (Å²) >= 11 is 3.38. The summed E-state index contributed by atoms with van der Waals surface area (Å²) in [5.41, 5.74) is 4.54. The second-order valence-corrected chi connectivity index (χ2v) is 7.62. The van der Waals surface area contributed by atoms with E-state index < -0.39 is 0 Å². The zero-order chi connectivity index (χ0) is 15.1. The zero-order valence-corrected chi connectivity index (χ0v) is 14.0. The Morgan fingerprint density at radius 1 is 0.909 bits per heavy atom. The molecule has 0 aliphatic heterocycles. The van der Waals surface area contributed by atoms with E-state index in [1.165, 1.54) is 21.2 Å². The van der Waals surface area contributed by atoms with Gasteiger partial charge in [-0.3, -0.25) is 0 Å². The molecule has 0 bridgehead atoms. The van der Waals surface area contributed by atoms with Gasteiger partial charge in [-0.1, -0.05) is 24.3 Å². The van der Waals surface area contributed by atoms with Crippen molar-refractivity contribution in [1.29, 1.82) is 0 Å². The van der Waals surface area contributed by atoms with E-state index >= 15 is 0 Å². The first-order valence-corrected chi connectivity index (χ1v) is 8.74. The summed E-state index contributed by atoms with van der Waals surface area (Å²) in [7, 11) is 0. The highest BCUT2D eigenvalue weighted by Gasteiger charge is 2.10. The molecule has 108 valence electrons. The number of thiazole rings is 1. The first-order chi connectivity index (χ1) is 10.7. The summed E-state index contributed by atoms with van der Waals surface area (Å²) in [6.07, 6.45) is 0. The third kappa shape index (κ3) is 2.49. The van der Waals surface area contributed by atoms with Crippen LogP contribution in [-0.2, 0) is 0 Å². The predicted molar refractivity (Wildman–Crippen MR) is 95.0 cm³/mol. The number of nitrogens with zero attached hydrogens (tertiary/aromatic N) is 2. The van der Waals surface area contributed by atoms with Gasteiger partial charge in [0.05, 0.1) is 15.7 Å². The van der Waals surface area contributed by atoms with Gasteiger partial charge in [0.25, 0.3) is 0 Å². The fraction of sp³-hybridized carbons (Fsp3) is 0.111. The minimum absolute atomic E-state index is 1.04. The van der Waals surface area contributed by atoms with Gasteiger partial charge in [0.1, 0.15) is 5.03 Å². The van der Waals surface area contributed by atoms with Gasteiger partial charge in [0.15, 0.2) is 4.34 Å². The summed E-state index contributed by atoms with van der Waals surface area (Å²) in [4.78, 5) is 9.52. The number of pyridine rings is 1. The van der Waals surface area contributed by atoms with Gasteiger partial charge in [-0.25, -0.2) is 9.97 Å². The Balaban J connectivity index is 1.78. The largest absolute Gasteiger partial charge is 0.241 e. The lowest BCUT2D eigenvalue weighted by Crippen LogP contribution is -1.88. The first kappa shape index (κ1) is 13.7. The highest BCUT2D eigenvalue weighted by Crippen LogP contribution is 2.35. The first-order valence-electron chi connectivity index (χ1n) is 7.10. The number of aromatic nitrogens is 2. The molecule has 0 fully saturated rings. The van der Waals surface area contributed by atoms with Crippen molar-refractivity contribution < 1.29 is 0 Å². The molecule has 0 aliphatic rings. The summed E-state index contributed by atoms with van der Waals surface area (Å²) in [5, 5.41) is 2.23. The van der Waals surface area contributed by atoms with Crippen molar-refractivity contribution in [2.45, 2.75) is 23.2 Å². The van der Waals surface area contributed by atoms with Crippen molar-refractivity contribution in [3.63, 3.8) is 0 Å². The number of rotatable bonds is 2. The normalized spacial score (nSPS) is 11.4. The molecule has 0 unspecified atom stereocenters. The van der Waals surface area contributed by atoms with Gasteiger partial charge in [0, 0.05) is 5.39 Å². The molecule has 4 rings (SSSR count). The number of fused-ring (bicyclic) bond motifs is 2. The van der Waals surface area contributed by atoms with Crippen LogP contribution in [0.5, 0.6) is 0 Å². The maximum Gasteiger partial charge on any atom is 0.157 e. The minimum Gasteiger partial charge on any atom is -0.241 e. The molecular weight excluding hydrogens is 308 g/mol. The average Bonchev–Trinajstić information content (AvgIpc) is 2.91. The second-order valence-electron chi connectivity index (χ2n) is 5.36. The molecule has 4 aromatic rings. The van der Waals surface area contributed by atoms with E-state index in [0.29, 0.717) is 0 Å². The van der Waals surface area contributed by atoms with Crippen molar-refractivity contribution in [2.75, 3.05) is 0 Å². The van der Waals surface area contributed by atoms with E-state index in [1.807, 2.05) is 6.07 Å². The molecule has 2 aromatic carbocycles. The van der Waals surface area contributed by atoms with Crippen molar-refractivity contribution >= 4 is 44.2 Å². The molecule has 0 saturated carbocycles. The van der Waals surface area contributed by atoms with Crippen LogP contribution in [0.25, 0.3) is 21.1 Å². The zero-order valence-electron chi connectivity index (χ0n) is 12.3. The van der Waals surface area contributed by atoms with Crippen LogP contribution in [-0.4, -0.2) is 9.97 Å². The van der Waals surface area contributed by atoms with Crippen LogP contribution in [0.3, 0.4) is 0 Å². The molecule has 0 saturated heterocycles. The highest BCUT2D eigenvalue weighted by atomic mass is 32.2. The molecule has 22 heavy (non-hydrogen) atoms. The highest BCUT2D eigenvalue weighted by molar-refractivity contribution is 8.01. The Hall–Kier alpha value is -1.91. The van der Waals surface area contributed by atoms with Gasteiger partial charge >= 0.3 is 0 Å². The van der Waals surface area contributed by atoms with E-state index in [0.717, 1.165) is 20.4 Å². The van der Waals surface area contributed by atoms with Crippen LogP contribution < -0.4 is 0 Å². The van der Waals surface area contributed by atoms with Gasteiger partial charge in [0.2, 0.25) is 0 Å². The number of benzene rings is 2. The number of hydrogen-bond acceptors (Lipinski definition) is 4. The summed E-state index contributed by atoms with van der Waals surface area (Å²) < 4.78 is 2.27. The second kappa shape index (κ2) is 5.38. The minimum atomic E-state index is 1.04. The van der Waals surface area contributed by atoms with Crippen molar-refractivity contribution in [2.24, 2.45) is 0 Å². The standard InChI is InChI=1S/C18H14N2S2/c1-11-7-8-13-10-12(2)17(19-15(13)9-11)22-18-20-14-5-3-4-6-16(14)21-18/h3-10H,1-2H3. The smallest absolute Gasteiger partial charge is 0.157 e. The topological polar surface area (TPSA) is 25.8 Å². The molecule has 0 amide bonds. The lowest BCUT2D eigenvalue weighted by Gasteiger charge is -2.06. The lowest BCUT2D eigenvalue weighted by molar-refractivity contribution is 1.12. The van der Waals surface area contributed by atoms with Gasteiger partial charge in [-0.15, -0.1) is 11.3 Å². The molecule has 0 atom stereocenters. The molecule has 2 nitrogen and oxygen atoms in total. The van der Waals surface area contributed by atoms with Crippen LogP contribution in [0.15, 0.2) is 57.9 Å². The number of para-hydroxylation sites is 1. The van der Waals surface area contributed by atoms with E-state index in [1.54, 1.807) is 23.1 Å². The van der Waals surface area contributed by atoms with Gasteiger partial charge in [-0.2, -0.15) is 0 Å². The van der Waals surface area contributed by atoms with E-state index in [2.05, 4.69) is 61.3 Å². The number of aryl methyl sites for hydroxylation is 2. The summed E-state index contributed by atoms with van der Waals surface area (Å²) in [6, 6.07) is 16.9. The third-order valence-corrected chi connectivity index (χ3v) is 5.78. The molecule has 2 heterocycles. The van der Waals surface area contributed by atoms with Crippen molar-refractivity contribution in [3.8, 4) is 0 Å². The van der Waals surface area contributed by atoms with Crippen LogP contribution >= 0.6 is 23.1 Å². The van der Waals surface area contributed by atoms with E-state index in [9.17, 15) is 0 Å². The monoisotopic (exact) mass is 322 g/mol. The Morgan fingerprint density at radius 2 is 1.77 bits per heavy atom. The quantitative estimate of drug-likeness (QED) is 0.479. The van der Waals surface area contributed by atoms with E-state index in [4.69, 9.17) is 4.98 Å². The molecule has 2 aromatic heterocycles. The Kier molecular flexibility index (Phi) is 3.36. The fourth-order valence-electron chi connectivity index (χ4n) is 2.45. The molecule has 0 spiro atoms. The predicted octanol–water partition coefficient (Wildman–Crippen LogP) is 5.61. The van der Waals surface area contributed by atoms with Crippen molar-refractivity contribution in [3.05, 3.63) is 59.7 Å². The maximum absolute atomic E-state index is 4.83. The summed E-state index contributed by atoms with van der Waals surface area (Å²) in [6.45, 7) is 4.21. The Bertz CT molecular complexity index is 956. The molecular formula is C18H14N2S2. The average molecular weight is 322 g/mol. The molecule has 4 heteroatoms. The SMILES string of the molecule is Cc1ccc2cc(C)c(Sc3nc4ccccc4s3)nc2c1. The Labute approximate surface area is 137 Å². The lowest BCUT2D eigenvalue weighted by atomic mass is 10.1. The van der Waals surface area contributed by atoms with Crippen LogP contribution in [0.4, 0.5) is 0 Å². The van der Waals surface area contributed by atoms with E-state index in [-0.39, 0.29) is 0 Å². The molecule has 0 aliphatic carbocycles. The Morgan fingerprint density at radius 3 is 2.64 bits per heavy atom. The summed E-state index contributed by atoms with van der Waals surface area (Å²) in [5.74, 6) is 0. The van der Waals surface area contributed by atoms with Crippen molar-refractivity contribution in [1.82, 2.24) is 9.97 Å². The third-order valence-electron chi connectivity index (χ3n) is 3.58. The van der Waals surface area contributed by atoms with Crippen LogP contribution in [0.1, 0.15) is 11.1 Å².